The summed E-state index contributed by atoms with van der Waals surface area (Å²) < 4.78 is 12.7. The predicted molar refractivity (Wildman–Crippen MR) is 71.6 cm³/mol. The van der Waals surface area contributed by atoms with Crippen LogP contribution >= 0.6 is 11.8 Å². The van der Waals surface area contributed by atoms with E-state index in [1.807, 2.05) is 0 Å². The molecule has 0 aliphatic rings. The Kier molecular flexibility index (Phi) is 5.82. The van der Waals surface area contributed by atoms with Gasteiger partial charge in [0.2, 0.25) is 5.91 Å². The largest absolute Gasteiger partial charge is 0.480 e. The highest BCUT2D eigenvalue weighted by Gasteiger charge is 2.24. The molecule has 1 amide bonds. The Bertz CT molecular complexity index is 450. The van der Waals surface area contributed by atoms with Crippen molar-refractivity contribution in [3.63, 3.8) is 0 Å². The van der Waals surface area contributed by atoms with Gasteiger partial charge >= 0.3 is 5.97 Å². The van der Waals surface area contributed by atoms with Crippen molar-refractivity contribution in [2.45, 2.75) is 24.3 Å². The molecule has 104 valence electrons. The Labute approximate surface area is 115 Å². The fourth-order valence-electron chi connectivity index (χ4n) is 1.57. The predicted octanol–water partition coefficient (Wildman–Crippen LogP) is 2.24. The van der Waals surface area contributed by atoms with E-state index in [9.17, 15) is 14.0 Å². The maximum absolute atomic E-state index is 12.7. The van der Waals surface area contributed by atoms with Gasteiger partial charge in [-0.2, -0.15) is 0 Å². The van der Waals surface area contributed by atoms with Crippen LogP contribution in [0, 0.1) is 5.82 Å². The Balaban J connectivity index is 2.55. The number of thioether (sulfide) groups is 1. The molecule has 0 radical (unpaired) electrons. The smallest absolute Gasteiger partial charge is 0.326 e. The first kappa shape index (κ1) is 15.5. The monoisotopic (exact) mass is 285 g/mol. The third-order valence-corrected chi connectivity index (χ3v) is 3.71. The van der Waals surface area contributed by atoms with E-state index in [0.717, 1.165) is 4.90 Å². The molecule has 19 heavy (non-hydrogen) atoms. The molecule has 0 bridgehead atoms. The summed E-state index contributed by atoms with van der Waals surface area (Å²) in [5, 5.41) is 8.97. The van der Waals surface area contributed by atoms with Crippen molar-refractivity contribution in [1.29, 1.82) is 0 Å². The topological polar surface area (TPSA) is 57.6 Å². The summed E-state index contributed by atoms with van der Waals surface area (Å²) in [6.45, 7) is 1.72. The van der Waals surface area contributed by atoms with Crippen LogP contribution in [0.5, 0.6) is 0 Å². The molecule has 1 aromatic rings. The Morgan fingerprint density at radius 3 is 2.42 bits per heavy atom. The van der Waals surface area contributed by atoms with Gasteiger partial charge in [-0.3, -0.25) is 4.79 Å². The van der Waals surface area contributed by atoms with E-state index in [1.54, 1.807) is 19.1 Å². The molecule has 4 nitrogen and oxygen atoms in total. The van der Waals surface area contributed by atoms with Crippen molar-refractivity contribution >= 4 is 23.6 Å². The van der Waals surface area contributed by atoms with Gasteiger partial charge in [0.15, 0.2) is 0 Å². The Morgan fingerprint density at radius 1 is 1.37 bits per heavy atom. The maximum atomic E-state index is 12.7. The molecule has 1 unspecified atom stereocenters. The van der Waals surface area contributed by atoms with Gasteiger partial charge < -0.3 is 10.0 Å². The SMILES string of the molecule is CCC(C(=O)O)N(C)C(=O)CSc1ccc(F)cc1. The summed E-state index contributed by atoms with van der Waals surface area (Å²) in [7, 11) is 1.48. The summed E-state index contributed by atoms with van der Waals surface area (Å²) >= 11 is 1.25. The number of hydrogen-bond acceptors (Lipinski definition) is 3. The second kappa shape index (κ2) is 7.13. The number of benzene rings is 1. The second-order valence-electron chi connectivity index (χ2n) is 4.01. The van der Waals surface area contributed by atoms with Gasteiger partial charge in [-0.25, -0.2) is 9.18 Å². The van der Waals surface area contributed by atoms with Crippen molar-refractivity contribution < 1.29 is 19.1 Å². The maximum Gasteiger partial charge on any atom is 0.326 e. The molecule has 0 spiro atoms. The molecule has 0 aliphatic heterocycles. The molecule has 0 heterocycles. The summed E-state index contributed by atoms with van der Waals surface area (Å²) in [5.74, 6) is -1.47. The van der Waals surface area contributed by atoms with Gasteiger partial charge in [-0.1, -0.05) is 6.92 Å². The van der Waals surface area contributed by atoms with Gasteiger partial charge in [0.05, 0.1) is 5.75 Å². The number of likely N-dealkylation sites (N-methyl/N-ethyl adjacent to an activating group) is 1. The molecular weight excluding hydrogens is 269 g/mol. The highest BCUT2D eigenvalue weighted by molar-refractivity contribution is 8.00. The van der Waals surface area contributed by atoms with Crippen LogP contribution in [0.3, 0.4) is 0 Å². The van der Waals surface area contributed by atoms with Crippen LogP contribution in [0.4, 0.5) is 4.39 Å². The van der Waals surface area contributed by atoms with Crippen LogP contribution in [0.25, 0.3) is 0 Å². The lowest BCUT2D eigenvalue weighted by atomic mass is 10.2. The molecule has 0 fully saturated rings. The number of carbonyl (C=O) groups is 2. The standard InChI is InChI=1S/C13H16FNO3S/c1-3-11(13(17)18)15(2)12(16)8-19-10-6-4-9(14)5-7-10/h4-7,11H,3,8H2,1-2H3,(H,17,18). The van der Waals surface area contributed by atoms with Crippen LogP contribution in [-0.4, -0.2) is 40.7 Å². The number of amides is 1. The van der Waals surface area contributed by atoms with E-state index >= 15 is 0 Å². The zero-order chi connectivity index (χ0) is 14.4. The number of carboxylic acid groups (broad SMARTS) is 1. The van der Waals surface area contributed by atoms with Crippen molar-refractivity contribution in [3.05, 3.63) is 30.1 Å². The lowest BCUT2D eigenvalue weighted by Crippen LogP contribution is -2.42. The van der Waals surface area contributed by atoms with Crippen LogP contribution in [-0.2, 0) is 9.59 Å². The van der Waals surface area contributed by atoms with Crippen LogP contribution in [0.1, 0.15) is 13.3 Å². The molecule has 0 saturated carbocycles. The van der Waals surface area contributed by atoms with Crippen LogP contribution in [0.15, 0.2) is 29.2 Å². The molecule has 0 aliphatic carbocycles. The second-order valence-corrected chi connectivity index (χ2v) is 5.06. The van der Waals surface area contributed by atoms with Crippen LogP contribution < -0.4 is 0 Å². The summed E-state index contributed by atoms with van der Waals surface area (Å²) in [6, 6.07) is 5.01. The van der Waals surface area contributed by atoms with Gasteiger partial charge in [-0.15, -0.1) is 11.8 Å². The number of halogens is 1. The first-order valence-corrected chi connectivity index (χ1v) is 6.81. The molecule has 0 saturated heterocycles. The van der Waals surface area contributed by atoms with E-state index in [4.69, 9.17) is 5.11 Å². The highest BCUT2D eigenvalue weighted by Crippen LogP contribution is 2.19. The molecular formula is C13H16FNO3S. The van der Waals surface area contributed by atoms with Gasteiger partial charge in [0.1, 0.15) is 11.9 Å². The Morgan fingerprint density at radius 2 is 1.95 bits per heavy atom. The molecule has 1 N–H and O–H groups in total. The number of rotatable bonds is 6. The lowest BCUT2D eigenvalue weighted by molar-refractivity contribution is -0.148. The number of hydrogen-bond donors (Lipinski definition) is 1. The van der Waals surface area contributed by atoms with E-state index in [-0.39, 0.29) is 17.5 Å². The number of aliphatic carboxylic acids is 1. The minimum Gasteiger partial charge on any atom is -0.480 e. The van der Waals surface area contributed by atoms with E-state index < -0.39 is 12.0 Å². The summed E-state index contributed by atoms with van der Waals surface area (Å²) in [4.78, 5) is 24.8. The van der Waals surface area contributed by atoms with Crippen LogP contribution in [0.2, 0.25) is 0 Å². The highest BCUT2D eigenvalue weighted by atomic mass is 32.2. The molecule has 1 aromatic carbocycles. The quantitative estimate of drug-likeness (QED) is 0.814. The molecule has 0 aromatic heterocycles. The average molecular weight is 285 g/mol. The third kappa shape index (κ3) is 4.55. The van der Waals surface area contributed by atoms with Crippen molar-refractivity contribution in [1.82, 2.24) is 4.90 Å². The molecule has 1 rings (SSSR count). The number of nitrogens with zero attached hydrogens (tertiary/aromatic N) is 1. The molecule has 1 atom stereocenters. The first-order chi connectivity index (χ1) is 8.95. The van der Waals surface area contributed by atoms with Crippen molar-refractivity contribution in [2.75, 3.05) is 12.8 Å². The van der Waals surface area contributed by atoms with Gasteiger partial charge in [-0.05, 0) is 30.7 Å². The summed E-state index contributed by atoms with van der Waals surface area (Å²) in [6.07, 6.45) is 0.360. The minimum atomic E-state index is -1.01. The number of carbonyl (C=O) groups excluding carboxylic acids is 1. The zero-order valence-electron chi connectivity index (χ0n) is 10.8. The minimum absolute atomic E-state index is 0.131. The molecule has 6 heteroatoms. The number of carboxylic acids is 1. The Hall–Kier alpha value is -1.56. The third-order valence-electron chi connectivity index (χ3n) is 2.71. The summed E-state index contributed by atoms with van der Waals surface area (Å²) in [5.41, 5.74) is 0. The van der Waals surface area contributed by atoms with E-state index in [0.29, 0.717) is 6.42 Å². The normalized spacial score (nSPS) is 11.9. The zero-order valence-corrected chi connectivity index (χ0v) is 11.6. The van der Waals surface area contributed by atoms with E-state index in [2.05, 4.69) is 0 Å². The average Bonchev–Trinajstić information content (AvgIpc) is 2.38. The first-order valence-electron chi connectivity index (χ1n) is 5.82. The van der Waals surface area contributed by atoms with Gasteiger partial charge in [0, 0.05) is 11.9 Å². The lowest BCUT2D eigenvalue weighted by Gasteiger charge is -2.23. The van der Waals surface area contributed by atoms with Crippen molar-refractivity contribution in [2.24, 2.45) is 0 Å². The van der Waals surface area contributed by atoms with Gasteiger partial charge in [0.25, 0.3) is 0 Å². The van der Waals surface area contributed by atoms with E-state index in [1.165, 1.54) is 35.8 Å². The van der Waals surface area contributed by atoms with Crippen molar-refractivity contribution in [3.8, 4) is 0 Å². The fourth-order valence-corrected chi connectivity index (χ4v) is 2.39. The fraction of sp³-hybridized carbons (Fsp3) is 0.385.